The van der Waals surface area contributed by atoms with Crippen LogP contribution in [0.25, 0.3) is 0 Å². The van der Waals surface area contributed by atoms with Crippen LogP contribution in [0.3, 0.4) is 0 Å². The Morgan fingerprint density at radius 2 is 2.06 bits per heavy atom. The number of methoxy groups -OCH3 is 1. The highest BCUT2D eigenvalue weighted by atomic mass is 16.5. The summed E-state index contributed by atoms with van der Waals surface area (Å²) in [4.78, 5) is 11.9. The van der Waals surface area contributed by atoms with Crippen LogP contribution in [0.15, 0.2) is 24.3 Å². The lowest BCUT2D eigenvalue weighted by Crippen LogP contribution is -2.34. The second-order valence-electron chi connectivity index (χ2n) is 4.40. The molecular weight excluding hydrogens is 228 g/mol. The molecule has 1 atom stereocenters. The highest BCUT2D eigenvalue weighted by Gasteiger charge is 2.09. The number of ether oxygens (including phenoxy) is 1. The number of carbonyl (C=O) groups excluding carboxylic acids is 1. The van der Waals surface area contributed by atoms with Crippen molar-refractivity contribution in [1.82, 2.24) is 5.32 Å². The second-order valence-corrected chi connectivity index (χ2v) is 4.40. The molecular formula is C14H22N2O2. The van der Waals surface area contributed by atoms with E-state index in [2.05, 4.69) is 5.32 Å². The van der Waals surface area contributed by atoms with Gasteiger partial charge in [-0.15, -0.1) is 0 Å². The molecule has 0 spiro atoms. The molecule has 0 bridgehead atoms. The minimum Gasteiger partial charge on any atom is -0.385 e. The third kappa shape index (κ3) is 4.85. The smallest absolute Gasteiger partial charge is 0.224 e. The molecule has 100 valence electrons. The lowest BCUT2D eigenvalue weighted by Gasteiger charge is -2.14. The molecule has 0 aliphatic carbocycles. The number of nitrogens with two attached hydrogens (primary N) is 1. The third-order valence-electron chi connectivity index (χ3n) is 2.85. The summed E-state index contributed by atoms with van der Waals surface area (Å²) in [7, 11) is 1.66. The molecule has 0 radical (unpaired) electrons. The summed E-state index contributed by atoms with van der Waals surface area (Å²) < 4.78 is 4.98. The zero-order valence-electron chi connectivity index (χ0n) is 11.1. The molecule has 0 saturated heterocycles. The van der Waals surface area contributed by atoms with Gasteiger partial charge >= 0.3 is 0 Å². The van der Waals surface area contributed by atoms with E-state index in [0.717, 1.165) is 17.5 Å². The van der Waals surface area contributed by atoms with Crippen LogP contribution in [0.4, 0.5) is 0 Å². The van der Waals surface area contributed by atoms with Gasteiger partial charge in [0.25, 0.3) is 0 Å². The summed E-state index contributed by atoms with van der Waals surface area (Å²) in [6.45, 7) is 3.09. The van der Waals surface area contributed by atoms with Gasteiger partial charge in [0, 0.05) is 26.3 Å². The van der Waals surface area contributed by atoms with Crippen LogP contribution in [0.1, 0.15) is 24.5 Å². The van der Waals surface area contributed by atoms with Crippen molar-refractivity contribution in [2.45, 2.75) is 32.4 Å². The number of amides is 1. The quantitative estimate of drug-likeness (QED) is 0.765. The summed E-state index contributed by atoms with van der Waals surface area (Å²) >= 11 is 0. The van der Waals surface area contributed by atoms with Crippen molar-refractivity contribution < 1.29 is 9.53 Å². The number of benzene rings is 1. The predicted octanol–water partition coefficient (Wildman–Crippen LogP) is 1.23. The summed E-state index contributed by atoms with van der Waals surface area (Å²) in [6.07, 6.45) is 1.20. The third-order valence-corrected chi connectivity index (χ3v) is 2.85. The Bertz CT molecular complexity index is 380. The maximum Gasteiger partial charge on any atom is 0.224 e. The van der Waals surface area contributed by atoms with E-state index in [1.807, 2.05) is 31.2 Å². The summed E-state index contributed by atoms with van der Waals surface area (Å²) in [5.41, 5.74) is 7.67. The van der Waals surface area contributed by atoms with Gasteiger partial charge in [0.05, 0.1) is 6.42 Å². The van der Waals surface area contributed by atoms with Gasteiger partial charge in [0.15, 0.2) is 0 Å². The average Bonchev–Trinajstić information content (AvgIpc) is 2.36. The van der Waals surface area contributed by atoms with Crippen LogP contribution in [-0.4, -0.2) is 25.7 Å². The molecule has 0 saturated carbocycles. The normalized spacial score (nSPS) is 12.2. The van der Waals surface area contributed by atoms with E-state index in [1.165, 1.54) is 0 Å². The van der Waals surface area contributed by atoms with Crippen LogP contribution in [0.5, 0.6) is 0 Å². The zero-order valence-corrected chi connectivity index (χ0v) is 11.1. The van der Waals surface area contributed by atoms with Crippen molar-refractivity contribution in [3.8, 4) is 0 Å². The molecule has 0 aliphatic heterocycles. The minimum atomic E-state index is 0.0273. The molecule has 3 N–H and O–H groups in total. The number of hydrogen-bond donors (Lipinski definition) is 2. The van der Waals surface area contributed by atoms with Gasteiger partial charge in [-0.25, -0.2) is 0 Å². The van der Waals surface area contributed by atoms with Gasteiger partial charge < -0.3 is 15.8 Å². The van der Waals surface area contributed by atoms with Crippen LogP contribution >= 0.6 is 0 Å². The molecule has 1 rings (SSSR count). The molecule has 1 amide bonds. The SMILES string of the molecule is COCCC(C)NC(=O)Cc1ccccc1CN. The molecule has 0 heterocycles. The van der Waals surface area contributed by atoms with Gasteiger partial charge in [0.2, 0.25) is 5.91 Å². The Balaban J connectivity index is 2.49. The highest BCUT2D eigenvalue weighted by molar-refractivity contribution is 5.79. The fourth-order valence-electron chi connectivity index (χ4n) is 1.79. The zero-order chi connectivity index (χ0) is 13.4. The van der Waals surface area contributed by atoms with Crippen molar-refractivity contribution in [3.05, 3.63) is 35.4 Å². The first kappa shape index (κ1) is 14.7. The maximum atomic E-state index is 11.9. The summed E-state index contributed by atoms with van der Waals surface area (Å²) in [6, 6.07) is 7.89. The summed E-state index contributed by atoms with van der Waals surface area (Å²) in [5.74, 6) is 0.0273. The topological polar surface area (TPSA) is 64.3 Å². The van der Waals surface area contributed by atoms with Crippen LogP contribution in [0, 0.1) is 0 Å². The molecule has 0 aliphatic rings. The first-order valence-corrected chi connectivity index (χ1v) is 6.22. The lowest BCUT2D eigenvalue weighted by atomic mass is 10.0. The fraction of sp³-hybridized carbons (Fsp3) is 0.500. The largest absolute Gasteiger partial charge is 0.385 e. The van der Waals surface area contributed by atoms with Gasteiger partial charge in [-0.05, 0) is 24.5 Å². The van der Waals surface area contributed by atoms with E-state index in [1.54, 1.807) is 7.11 Å². The minimum absolute atomic E-state index is 0.0273. The molecule has 0 aromatic heterocycles. The Hall–Kier alpha value is -1.39. The number of hydrogen-bond acceptors (Lipinski definition) is 3. The van der Waals surface area contributed by atoms with Gasteiger partial charge in [0.1, 0.15) is 0 Å². The number of nitrogens with one attached hydrogen (secondary N) is 1. The molecule has 4 nitrogen and oxygen atoms in total. The van der Waals surface area contributed by atoms with Crippen molar-refractivity contribution in [1.29, 1.82) is 0 Å². The number of carbonyl (C=O) groups is 1. The van der Waals surface area contributed by atoms with Crippen molar-refractivity contribution in [2.24, 2.45) is 5.73 Å². The molecule has 1 unspecified atom stereocenters. The maximum absolute atomic E-state index is 11.9. The van der Waals surface area contributed by atoms with E-state index in [4.69, 9.17) is 10.5 Å². The standard InChI is InChI=1S/C14H22N2O2/c1-11(7-8-18-2)16-14(17)9-12-5-3-4-6-13(12)10-15/h3-6,11H,7-10,15H2,1-2H3,(H,16,17). The van der Waals surface area contributed by atoms with E-state index < -0.39 is 0 Å². The molecule has 4 heteroatoms. The Morgan fingerprint density at radius 3 is 2.67 bits per heavy atom. The van der Waals surface area contributed by atoms with E-state index in [9.17, 15) is 4.79 Å². The van der Waals surface area contributed by atoms with E-state index >= 15 is 0 Å². The molecule has 1 aromatic rings. The monoisotopic (exact) mass is 250 g/mol. The van der Waals surface area contributed by atoms with Crippen LogP contribution < -0.4 is 11.1 Å². The van der Waals surface area contributed by atoms with Gasteiger partial charge in [-0.1, -0.05) is 24.3 Å². The predicted molar refractivity (Wildman–Crippen MR) is 72.1 cm³/mol. The van der Waals surface area contributed by atoms with Crippen molar-refractivity contribution >= 4 is 5.91 Å². The Kier molecular flexibility index (Phi) is 6.39. The first-order valence-electron chi connectivity index (χ1n) is 6.22. The van der Waals surface area contributed by atoms with Crippen molar-refractivity contribution in [2.75, 3.05) is 13.7 Å². The van der Waals surface area contributed by atoms with Crippen LogP contribution in [0.2, 0.25) is 0 Å². The summed E-state index contributed by atoms with van der Waals surface area (Å²) in [5, 5.41) is 2.95. The second kappa shape index (κ2) is 7.84. The highest BCUT2D eigenvalue weighted by Crippen LogP contribution is 2.08. The fourth-order valence-corrected chi connectivity index (χ4v) is 1.79. The Morgan fingerprint density at radius 1 is 1.39 bits per heavy atom. The molecule has 0 fully saturated rings. The first-order chi connectivity index (χ1) is 8.67. The van der Waals surface area contributed by atoms with Gasteiger partial charge in [-0.3, -0.25) is 4.79 Å². The van der Waals surface area contributed by atoms with E-state index in [0.29, 0.717) is 19.6 Å². The number of rotatable bonds is 7. The molecule has 18 heavy (non-hydrogen) atoms. The van der Waals surface area contributed by atoms with Crippen LogP contribution in [-0.2, 0) is 22.5 Å². The van der Waals surface area contributed by atoms with E-state index in [-0.39, 0.29) is 11.9 Å². The Labute approximate surface area is 109 Å². The average molecular weight is 250 g/mol. The van der Waals surface area contributed by atoms with Crippen molar-refractivity contribution in [3.63, 3.8) is 0 Å². The molecule has 1 aromatic carbocycles. The van der Waals surface area contributed by atoms with Gasteiger partial charge in [-0.2, -0.15) is 0 Å². The lowest BCUT2D eigenvalue weighted by molar-refractivity contribution is -0.121.